The number of benzene rings is 1. The van der Waals surface area contributed by atoms with Crippen molar-refractivity contribution in [2.24, 2.45) is 0 Å². The molecule has 1 aromatic rings. The fraction of sp³-hybridized carbons (Fsp3) is 0.476. The summed E-state index contributed by atoms with van der Waals surface area (Å²) in [7, 11) is 0. The Morgan fingerprint density at radius 3 is 2.00 bits per heavy atom. The van der Waals surface area contributed by atoms with E-state index in [0.29, 0.717) is 0 Å². The fourth-order valence-corrected chi connectivity index (χ4v) is 3.42. The summed E-state index contributed by atoms with van der Waals surface area (Å²) in [4.78, 5) is 59.6. The lowest BCUT2D eigenvalue weighted by molar-refractivity contribution is -0.270. The summed E-state index contributed by atoms with van der Waals surface area (Å²) >= 11 is 6.09. The summed E-state index contributed by atoms with van der Waals surface area (Å²) in [6, 6.07) is 4.86. The van der Waals surface area contributed by atoms with Crippen molar-refractivity contribution in [2.45, 2.75) is 58.3 Å². The minimum Gasteiger partial charge on any atom is -0.463 e. The first kappa shape index (κ1) is 26.1. The van der Waals surface area contributed by atoms with Crippen LogP contribution in [0.4, 0.5) is 0 Å². The van der Waals surface area contributed by atoms with Gasteiger partial charge in [-0.15, -0.1) is 0 Å². The van der Waals surface area contributed by atoms with Crippen molar-refractivity contribution in [1.29, 1.82) is 0 Å². The van der Waals surface area contributed by atoms with Crippen LogP contribution in [0.3, 0.4) is 0 Å². The molecule has 0 saturated carbocycles. The molecule has 1 aliphatic rings. The monoisotopic (exact) mass is 485 g/mol. The van der Waals surface area contributed by atoms with Gasteiger partial charge < -0.3 is 29.0 Å². The minimum absolute atomic E-state index is 0.0911. The number of nitrogens with one attached hydrogen (secondary N) is 1. The van der Waals surface area contributed by atoms with Crippen LogP contribution in [0.5, 0.6) is 0 Å². The minimum atomic E-state index is -1.48. The third-order valence-electron chi connectivity index (χ3n) is 4.40. The lowest BCUT2D eigenvalue weighted by atomic mass is 9.95. The van der Waals surface area contributed by atoms with Crippen LogP contribution < -0.4 is 5.32 Å². The average molecular weight is 486 g/mol. The Balaban J connectivity index is 2.47. The van der Waals surface area contributed by atoms with Crippen molar-refractivity contribution in [3.63, 3.8) is 0 Å². The molecule has 1 heterocycles. The number of hydrogen-bond acceptors (Lipinski definition) is 10. The molecule has 0 aliphatic carbocycles. The van der Waals surface area contributed by atoms with Gasteiger partial charge in [-0.05, 0) is 12.1 Å². The Kier molecular flexibility index (Phi) is 9.18. The highest BCUT2D eigenvalue weighted by atomic mass is 35.5. The molecule has 11 nitrogen and oxygen atoms in total. The highest BCUT2D eigenvalue weighted by Gasteiger charge is 2.52. The summed E-state index contributed by atoms with van der Waals surface area (Å²) in [6.45, 7) is 4.08. The van der Waals surface area contributed by atoms with Crippen molar-refractivity contribution in [1.82, 2.24) is 5.32 Å². The smallest absolute Gasteiger partial charge is 0.305 e. The molecule has 0 bridgehead atoms. The second-order valence-corrected chi connectivity index (χ2v) is 7.49. The van der Waals surface area contributed by atoms with E-state index in [-0.39, 0.29) is 10.6 Å². The molecule has 1 fully saturated rings. The molecule has 1 amide bonds. The Hall–Kier alpha value is -3.18. The highest BCUT2D eigenvalue weighted by molar-refractivity contribution is 6.33. The molecule has 2 rings (SSSR count). The van der Waals surface area contributed by atoms with Crippen molar-refractivity contribution < 1.29 is 47.7 Å². The van der Waals surface area contributed by atoms with Crippen LogP contribution in [-0.2, 0) is 42.9 Å². The Morgan fingerprint density at radius 1 is 0.879 bits per heavy atom. The van der Waals surface area contributed by atoms with Crippen LogP contribution in [0, 0.1) is 0 Å². The first-order valence-corrected chi connectivity index (χ1v) is 10.2. The van der Waals surface area contributed by atoms with Crippen molar-refractivity contribution >= 4 is 41.4 Å². The van der Waals surface area contributed by atoms with E-state index in [9.17, 15) is 24.0 Å². The number of hydrogen-bond donors (Lipinski definition) is 1. The van der Waals surface area contributed by atoms with Crippen LogP contribution in [0.1, 0.15) is 38.1 Å². The van der Waals surface area contributed by atoms with Gasteiger partial charge in [0.05, 0.1) is 10.6 Å². The number of halogens is 1. The zero-order valence-electron chi connectivity index (χ0n) is 18.4. The highest BCUT2D eigenvalue weighted by Crippen LogP contribution is 2.28. The van der Waals surface area contributed by atoms with Crippen molar-refractivity contribution in [3.05, 3.63) is 34.9 Å². The normalized spacial score (nSPS) is 24.2. The zero-order valence-corrected chi connectivity index (χ0v) is 19.1. The molecule has 1 aromatic carbocycles. The molecule has 5 unspecified atom stereocenters. The third-order valence-corrected chi connectivity index (χ3v) is 4.73. The third kappa shape index (κ3) is 7.43. The summed E-state index contributed by atoms with van der Waals surface area (Å²) in [5.74, 6) is -3.64. The summed E-state index contributed by atoms with van der Waals surface area (Å²) in [6.07, 6.45) is -5.34. The maximum absolute atomic E-state index is 12.9. The van der Waals surface area contributed by atoms with Gasteiger partial charge in [0.25, 0.3) is 5.91 Å². The molecule has 33 heavy (non-hydrogen) atoms. The molecule has 0 aromatic heterocycles. The molecule has 180 valence electrons. The van der Waals surface area contributed by atoms with E-state index in [4.69, 9.17) is 35.3 Å². The van der Waals surface area contributed by atoms with Gasteiger partial charge in [-0.2, -0.15) is 0 Å². The lowest BCUT2D eigenvalue weighted by Gasteiger charge is -2.44. The quantitative estimate of drug-likeness (QED) is 0.441. The van der Waals surface area contributed by atoms with Crippen LogP contribution >= 0.6 is 11.6 Å². The predicted octanol–water partition coefficient (Wildman–Crippen LogP) is 1.15. The van der Waals surface area contributed by atoms with Crippen LogP contribution in [0.15, 0.2) is 24.3 Å². The van der Waals surface area contributed by atoms with E-state index in [1.807, 2.05) is 0 Å². The standard InChI is InChI=1S/C21H24ClNO10/c1-10(24)29-9-16-18(30-11(2)25)19(31-12(3)26)17(21(33-16)32-13(4)27)23-20(28)14-7-5-6-8-15(14)22/h5-8,16-19,21H,9H2,1-4H3,(H,23,28). The van der Waals surface area contributed by atoms with E-state index in [1.54, 1.807) is 12.1 Å². The second-order valence-electron chi connectivity index (χ2n) is 7.08. The zero-order chi connectivity index (χ0) is 24.7. The van der Waals surface area contributed by atoms with Crippen LogP contribution in [-0.4, -0.2) is 67.0 Å². The molecule has 5 atom stereocenters. The average Bonchev–Trinajstić information content (AvgIpc) is 2.70. The maximum atomic E-state index is 12.9. The van der Waals surface area contributed by atoms with Crippen molar-refractivity contribution in [3.8, 4) is 0 Å². The maximum Gasteiger partial charge on any atom is 0.305 e. The number of carbonyl (C=O) groups is 5. The second kappa shape index (κ2) is 11.6. The Labute approximate surface area is 194 Å². The largest absolute Gasteiger partial charge is 0.463 e. The Bertz CT molecular complexity index is 920. The van der Waals surface area contributed by atoms with Crippen LogP contribution in [0.2, 0.25) is 5.02 Å². The molecule has 1 saturated heterocycles. The van der Waals surface area contributed by atoms with Gasteiger partial charge in [0.2, 0.25) is 6.29 Å². The van der Waals surface area contributed by atoms with E-state index < -0.39 is 67.0 Å². The number of amides is 1. The van der Waals surface area contributed by atoms with Gasteiger partial charge in [0, 0.05) is 27.7 Å². The van der Waals surface area contributed by atoms with Gasteiger partial charge in [0.1, 0.15) is 18.8 Å². The van der Waals surface area contributed by atoms with Gasteiger partial charge >= 0.3 is 23.9 Å². The first-order chi connectivity index (χ1) is 15.5. The Morgan fingerprint density at radius 2 is 1.45 bits per heavy atom. The summed E-state index contributed by atoms with van der Waals surface area (Å²) in [5, 5.41) is 2.72. The van der Waals surface area contributed by atoms with E-state index in [2.05, 4.69) is 5.32 Å². The molecular weight excluding hydrogens is 462 g/mol. The molecule has 1 aliphatic heterocycles. The SMILES string of the molecule is CC(=O)OCC1OC(OC(C)=O)C(NC(=O)c2ccccc2Cl)C(OC(C)=O)C1OC(C)=O. The van der Waals surface area contributed by atoms with E-state index >= 15 is 0 Å². The number of esters is 4. The topological polar surface area (TPSA) is 144 Å². The molecule has 0 radical (unpaired) electrons. The molecule has 12 heteroatoms. The molecule has 1 N–H and O–H groups in total. The first-order valence-electron chi connectivity index (χ1n) is 9.85. The lowest BCUT2D eigenvalue weighted by Crippen LogP contribution is -2.67. The summed E-state index contributed by atoms with van der Waals surface area (Å²) < 4.78 is 26.5. The molecule has 0 spiro atoms. The van der Waals surface area contributed by atoms with Gasteiger partial charge in [-0.3, -0.25) is 24.0 Å². The molecular formula is C21H24ClNO10. The number of rotatable bonds is 7. The number of ether oxygens (including phenoxy) is 5. The predicted molar refractivity (Wildman–Crippen MR) is 111 cm³/mol. The van der Waals surface area contributed by atoms with Gasteiger partial charge in [-0.25, -0.2) is 0 Å². The van der Waals surface area contributed by atoms with E-state index in [1.165, 1.54) is 12.1 Å². The van der Waals surface area contributed by atoms with Crippen molar-refractivity contribution in [2.75, 3.05) is 6.61 Å². The van der Waals surface area contributed by atoms with E-state index in [0.717, 1.165) is 27.7 Å². The number of carbonyl (C=O) groups excluding carboxylic acids is 5. The van der Waals surface area contributed by atoms with Crippen LogP contribution in [0.25, 0.3) is 0 Å². The summed E-state index contributed by atoms with van der Waals surface area (Å²) in [5.41, 5.74) is 0.0911. The van der Waals surface area contributed by atoms with Gasteiger partial charge in [0.15, 0.2) is 12.2 Å². The van der Waals surface area contributed by atoms with Gasteiger partial charge in [-0.1, -0.05) is 23.7 Å². The fourth-order valence-electron chi connectivity index (χ4n) is 3.19.